The summed E-state index contributed by atoms with van der Waals surface area (Å²) in [6.07, 6.45) is -1.06. The Morgan fingerprint density at radius 3 is 2.09 bits per heavy atom. The van der Waals surface area contributed by atoms with E-state index in [-0.39, 0.29) is 0 Å². The van der Waals surface area contributed by atoms with E-state index in [1.165, 1.54) is 6.92 Å². The molecule has 5 heteroatoms. The van der Waals surface area contributed by atoms with E-state index >= 15 is 0 Å². The molecule has 0 spiro atoms. The van der Waals surface area contributed by atoms with Gasteiger partial charge in [0.2, 0.25) is 0 Å². The van der Waals surface area contributed by atoms with Crippen LogP contribution in [0.3, 0.4) is 0 Å². The summed E-state index contributed by atoms with van der Waals surface area (Å²) < 4.78 is 0. The van der Waals surface area contributed by atoms with Crippen LogP contribution in [0.25, 0.3) is 0 Å². The Labute approximate surface area is 75.2 Å². The molecule has 0 aromatic rings. The lowest BCUT2D eigenvalue weighted by Gasteiger charge is -2.27. The minimum absolute atomic E-state index is 0.557. The van der Waals surface area contributed by atoms with Crippen LogP contribution in [0, 0.1) is 16.7 Å². The molecule has 64 valence electrons. The maximum atomic E-state index is 9.08. The Hall–Kier alpha value is -0.0100. The fraction of sp³-hybridized carbons (Fsp3) is 0.833. The maximum absolute atomic E-state index is 9.08. The fourth-order valence-electron chi connectivity index (χ4n) is 0.561. The number of rotatable bonds is 3. The molecule has 0 rings (SSSR count). The van der Waals surface area contributed by atoms with Crippen LogP contribution in [0.4, 0.5) is 0 Å². The third-order valence-electron chi connectivity index (χ3n) is 1.60. The van der Waals surface area contributed by atoms with Crippen LogP contribution < -0.4 is 0 Å². The van der Waals surface area contributed by atoms with Gasteiger partial charge in [0.25, 0.3) is 0 Å². The van der Waals surface area contributed by atoms with E-state index in [2.05, 4.69) is 0 Å². The molecule has 0 saturated heterocycles. The fourth-order valence-corrected chi connectivity index (χ4v) is 1.16. The van der Waals surface area contributed by atoms with Gasteiger partial charge in [-0.3, -0.25) is 0 Å². The predicted octanol–water partition coefficient (Wildman–Crippen LogP) is 0.673. The minimum Gasteiger partial charge on any atom is -0.395 e. The van der Waals surface area contributed by atoms with Gasteiger partial charge in [-0.15, -0.1) is 23.2 Å². The monoisotopic (exact) mass is 197 g/mol. The summed E-state index contributed by atoms with van der Waals surface area (Å²) in [5.41, 5.74) is -1.47. The van der Waals surface area contributed by atoms with Crippen molar-refractivity contribution in [2.75, 3.05) is 6.61 Å². The highest BCUT2D eigenvalue weighted by atomic mass is 35.5. The summed E-state index contributed by atoms with van der Waals surface area (Å²) in [6.45, 7) is 0.802. The number of aliphatic hydroxyl groups excluding tert-OH is 2. The molecule has 0 aromatic carbocycles. The quantitative estimate of drug-likeness (QED) is 0.655. The van der Waals surface area contributed by atoms with Gasteiger partial charge in [-0.25, -0.2) is 0 Å². The highest BCUT2D eigenvalue weighted by Gasteiger charge is 2.41. The molecule has 0 radical (unpaired) electrons. The van der Waals surface area contributed by atoms with E-state index < -0.39 is 23.0 Å². The lowest BCUT2D eigenvalue weighted by atomic mass is 9.87. The van der Waals surface area contributed by atoms with Crippen LogP contribution in [0.2, 0.25) is 0 Å². The lowest BCUT2D eigenvalue weighted by molar-refractivity contribution is 0.0423. The Kier molecular flexibility index (Phi) is 4.12. The summed E-state index contributed by atoms with van der Waals surface area (Å²) in [7, 11) is 0. The van der Waals surface area contributed by atoms with E-state index in [4.69, 9.17) is 38.7 Å². The van der Waals surface area contributed by atoms with Gasteiger partial charge >= 0.3 is 0 Å². The van der Waals surface area contributed by atoms with Crippen LogP contribution in [-0.2, 0) is 0 Å². The molecule has 2 atom stereocenters. The highest BCUT2D eigenvalue weighted by molar-refractivity contribution is 6.45. The number of hydrogen-bond acceptors (Lipinski definition) is 3. The van der Waals surface area contributed by atoms with Crippen molar-refractivity contribution in [1.29, 1.82) is 5.26 Å². The molecule has 0 aliphatic rings. The molecule has 11 heavy (non-hydrogen) atoms. The van der Waals surface area contributed by atoms with Crippen molar-refractivity contribution in [2.45, 2.75) is 17.9 Å². The number of aliphatic hydroxyl groups is 2. The summed E-state index contributed by atoms with van der Waals surface area (Å²) >= 11 is 10.8. The molecule has 0 amide bonds. The van der Waals surface area contributed by atoms with Crippen molar-refractivity contribution < 1.29 is 10.2 Å². The first kappa shape index (κ1) is 11.0. The molecule has 0 aromatic heterocycles. The molecule has 0 saturated carbocycles. The molecule has 0 aliphatic carbocycles. The third kappa shape index (κ3) is 1.97. The van der Waals surface area contributed by atoms with E-state index in [1.807, 2.05) is 0 Å². The third-order valence-corrected chi connectivity index (χ3v) is 2.38. The average molecular weight is 198 g/mol. The first-order valence-corrected chi connectivity index (χ1v) is 3.87. The van der Waals surface area contributed by atoms with Gasteiger partial charge < -0.3 is 10.2 Å². The molecular weight excluding hydrogens is 189 g/mol. The zero-order valence-electron chi connectivity index (χ0n) is 5.96. The predicted molar refractivity (Wildman–Crippen MR) is 42.3 cm³/mol. The summed E-state index contributed by atoms with van der Waals surface area (Å²) in [5.74, 6) is 0. The van der Waals surface area contributed by atoms with Gasteiger partial charge in [0.1, 0.15) is 10.3 Å². The van der Waals surface area contributed by atoms with Crippen molar-refractivity contribution >= 4 is 23.2 Å². The largest absolute Gasteiger partial charge is 0.395 e. The molecule has 3 nitrogen and oxygen atoms in total. The van der Waals surface area contributed by atoms with Crippen molar-refractivity contribution in [1.82, 2.24) is 0 Å². The van der Waals surface area contributed by atoms with Crippen molar-refractivity contribution in [3.05, 3.63) is 0 Å². The minimum atomic E-state index is -1.47. The van der Waals surface area contributed by atoms with E-state index in [9.17, 15) is 0 Å². The summed E-state index contributed by atoms with van der Waals surface area (Å²) in [4.78, 5) is -1.10. The zero-order chi connectivity index (χ0) is 9.07. The molecule has 0 heterocycles. The van der Waals surface area contributed by atoms with Crippen LogP contribution >= 0.6 is 23.2 Å². The number of hydrogen-bond donors (Lipinski definition) is 2. The maximum Gasteiger partial charge on any atom is 0.136 e. The zero-order valence-corrected chi connectivity index (χ0v) is 7.47. The Morgan fingerprint density at radius 2 is 2.09 bits per heavy atom. The van der Waals surface area contributed by atoms with E-state index in [0.717, 1.165) is 0 Å². The van der Waals surface area contributed by atoms with Gasteiger partial charge in [0.15, 0.2) is 0 Å². The van der Waals surface area contributed by atoms with E-state index in [0.29, 0.717) is 0 Å². The second kappa shape index (κ2) is 4.13. The van der Waals surface area contributed by atoms with Gasteiger partial charge in [0, 0.05) is 0 Å². The highest BCUT2D eigenvalue weighted by Crippen LogP contribution is 2.32. The van der Waals surface area contributed by atoms with Crippen LogP contribution in [0.1, 0.15) is 6.92 Å². The Balaban J connectivity index is 4.65. The van der Waals surface area contributed by atoms with Gasteiger partial charge in [-0.1, -0.05) is 0 Å². The van der Waals surface area contributed by atoms with Crippen molar-refractivity contribution in [3.63, 3.8) is 0 Å². The second-order valence-electron chi connectivity index (χ2n) is 2.29. The number of nitrogens with zero attached hydrogens (tertiary/aromatic N) is 1. The van der Waals surface area contributed by atoms with Crippen LogP contribution in [-0.4, -0.2) is 27.8 Å². The number of nitriles is 1. The Bertz CT molecular complexity index is 156. The SMILES string of the molecule is CC(O)C(C#N)(CO)C(Cl)Cl. The molecular formula is C6H9Cl2NO2. The second-order valence-corrected chi connectivity index (χ2v) is 3.38. The lowest BCUT2D eigenvalue weighted by Crippen LogP contribution is -2.41. The molecule has 2 N–H and O–H groups in total. The summed E-state index contributed by atoms with van der Waals surface area (Å²) in [5, 5.41) is 26.4. The molecule has 0 bridgehead atoms. The molecule has 0 fully saturated rings. The first-order chi connectivity index (χ1) is 5.01. The molecule has 2 unspecified atom stereocenters. The normalized spacial score (nSPS) is 19.0. The van der Waals surface area contributed by atoms with Crippen LogP contribution in [0.5, 0.6) is 0 Å². The molecule has 0 aliphatic heterocycles. The van der Waals surface area contributed by atoms with Crippen LogP contribution in [0.15, 0.2) is 0 Å². The smallest absolute Gasteiger partial charge is 0.136 e. The van der Waals surface area contributed by atoms with Crippen molar-refractivity contribution in [3.8, 4) is 6.07 Å². The van der Waals surface area contributed by atoms with Crippen molar-refractivity contribution in [2.24, 2.45) is 5.41 Å². The Morgan fingerprint density at radius 1 is 1.64 bits per heavy atom. The van der Waals surface area contributed by atoms with Gasteiger partial charge in [-0.05, 0) is 6.92 Å². The standard InChI is InChI=1S/C6H9Cl2NO2/c1-4(11)6(2-9,3-10)5(7)8/h4-5,10-11H,3H2,1H3. The average Bonchev–Trinajstić information content (AvgIpc) is 1.90. The first-order valence-electron chi connectivity index (χ1n) is 2.99. The topological polar surface area (TPSA) is 64.2 Å². The summed E-state index contributed by atoms with van der Waals surface area (Å²) in [6, 6.07) is 1.70. The number of alkyl halides is 2. The van der Waals surface area contributed by atoms with Gasteiger partial charge in [-0.2, -0.15) is 5.26 Å². The van der Waals surface area contributed by atoms with E-state index in [1.54, 1.807) is 6.07 Å². The van der Waals surface area contributed by atoms with Gasteiger partial charge in [0.05, 0.1) is 18.8 Å². The number of halogens is 2.